The Balaban J connectivity index is 1.95. The number of hydrogen-bond donors (Lipinski definition) is 2. The van der Waals surface area contributed by atoms with Crippen molar-refractivity contribution in [2.45, 2.75) is 12.8 Å². The second kappa shape index (κ2) is 6.57. The summed E-state index contributed by atoms with van der Waals surface area (Å²) in [6, 6.07) is 10.5. The van der Waals surface area contributed by atoms with E-state index in [1.807, 2.05) is 0 Å². The Bertz CT molecular complexity index is 785. The summed E-state index contributed by atoms with van der Waals surface area (Å²) in [6.45, 7) is 1.65. The van der Waals surface area contributed by atoms with Gasteiger partial charge in [0.1, 0.15) is 5.75 Å². The van der Waals surface area contributed by atoms with Crippen LogP contribution in [0.5, 0.6) is 5.75 Å². The Kier molecular flexibility index (Phi) is 4.33. The first-order valence-corrected chi connectivity index (χ1v) is 7.68. The van der Waals surface area contributed by atoms with Crippen LogP contribution in [0.2, 0.25) is 0 Å². The van der Waals surface area contributed by atoms with Crippen LogP contribution in [0, 0.1) is 10.1 Å². The number of anilines is 2. The lowest BCUT2D eigenvalue weighted by molar-refractivity contribution is -0.384. The molecule has 7 heteroatoms. The van der Waals surface area contributed by atoms with E-state index in [1.165, 1.54) is 24.3 Å². The van der Waals surface area contributed by atoms with Crippen LogP contribution in [0.1, 0.15) is 23.2 Å². The lowest BCUT2D eigenvalue weighted by Gasteiger charge is -2.20. The van der Waals surface area contributed by atoms with Crippen molar-refractivity contribution in [3.8, 4) is 5.75 Å². The molecule has 0 atom stereocenters. The molecule has 0 radical (unpaired) electrons. The van der Waals surface area contributed by atoms with Gasteiger partial charge in [0, 0.05) is 37.0 Å². The van der Waals surface area contributed by atoms with Crippen molar-refractivity contribution in [1.82, 2.24) is 0 Å². The standard InChI is InChI=1S/C17H17N3O4/c21-14-5-3-4-12(10-14)18-17(22)15-11-13(20(23)24)6-7-16(15)19-8-1-2-9-19/h3-7,10-11,21H,1-2,8-9H2,(H,18,22). The van der Waals surface area contributed by atoms with Gasteiger partial charge in [-0.15, -0.1) is 0 Å². The molecule has 0 unspecified atom stereocenters. The van der Waals surface area contributed by atoms with Crippen molar-refractivity contribution in [2.75, 3.05) is 23.3 Å². The third-order valence-corrected chi connectivity index (χ3v) is 3.99. The number of carbonyl (C=O) groups is 1. The molecule has 0 spiro atoms. The highest BCUT2D eigenvalue weighted by Crippen LogP contribution is 2.29. The monoisotopic (exact) mass is 327 g/mol. The van der Waals surface area contributed by atoms with E-state index in [2.05, 4.69) is 10.2 Å². The maximum Gasteiger partial charge on any atom is 0.270 e. The van der Waals surface area contributed by atoms with Gasteiger partial charge in [0.25, 0.3) is 11.6 Å². The van der Waals surface area contributed by atoms with Crippen LogP contribution in [0.25, 0.3) is 0 Å². The van der Waals surface area contributed by atoms with E-state index >= 15 is 0 Å². The molecule has 1 heterocycles. The van der Waals surface area contributed by atoms with Gasteiger partial charge >= 0.3 is 0 Å². The summed E-state index contributed by atoms with van der Waals surface area (Å²) in [5.74, 6) is -0.405. The van der Waals surface area contributed by atoms with Crippen LogP contribution in [0.3, 0.4) is 0 Å². The number of nitro groups is 1. The van der Waals surface area contributed by atoms with Gasteiger partial charge in [-0.1, -0.05) is 6.07 Å². The summed E-state index contributed by atoms with van der Waals surface area (Å²) < 4.78 is 0. The molecule has 2 aromatic rings. The first-order chi connectivity index (χ1) is 11.5. The van der Waals surface area contributed by atoms with E-state index in [0.717, 1.165) is 25.9 Å². The molecule has 1 amide bonds. The molecule has 0 bridgehead atoms. The molecule has 0 saturated carbocycles. The first kappa shape index (κ1) is 15.8. The smallest absolute Gasteiger partial charge is 0.270 e. The number of rotatable bonds is 4. The minimum Gasteiger partial charge on any atom is -0.508 e. The molecule has 3 rings (SSSR count). The van der Waals surface area contributed by atoms with E-state index in [-0.39, 0.29) is 17.0 Å². The third-order valence-electron chi connectivity index (χ3n) is 3.99. The zero-order valence-electron chi connectivity index (χ0n) is 12.9. The lowest BCUT2D eigenvalue weighted by atomic mass is 10.1. The minimum absolute atomic E-state index is 0.0339. The van der Waals surface area contributed by atoms with Gasteiger partial charge < -0.3 is 15.3 Å². The van der Waals surface area contributed by atoms with Crippen LogP contribution in [0.4, 0.5) is 17.1 Å². The molecule has 1 saturated heterocycles. The molecule has 0 aromatic heterocycles. The number of non-ortho nitro benzene ring substituents is 1. The molecule has 7 nitrogen and oxygen atoms in total. The zero-order chi connectivity index (χ0) is 17.1. The van der Waals surface area contributed by atoms with E-state index < -0.39 is 10.8 Å². The summed E-state index contributed by atoms with van der Waals surface area (Å²) in [5, 5.41) is 23.2. The molecule has 0 aliphatic carbocycles. The van der Waals surface area contributed by atoms with Gasteiger partial charge in [-0.05, 0) is 31.0 Å². The Labute approximate surface area is 138 Å². The number of hydrogen-bond acceptors (Lipinski definition) is 5. The first-order valence-electron chi connectivity index (χ1n) is 7.68. The average molecular weight is 327 g/mol. The van der Waals surface area contributed by atoms with Gasteiger partial charge in [0.05, 0.1) is 16.2 Å². The number of carbonyl (C=O) groups excluding carboxylic acids is 1. The summed E-state index contributed by atoms with van der Waals surface area (Å²) in [7, 11) is 0. The molecular formula is C17H17N3O4. The maximum atomic E-state index is 12.6. The number of aromatic hydroxyl groups is 1. The quantitative estimate of drug-likeness (QED) is 0.664. The van der Waals surface area contributed by atoms with Crippen LogP contribution < -0.4 is 10.2 Å². The largest absolute Gasteiger partial charge is 0.508 e. The fourth-order valence-electron chi connectivity index (χ4n) is 2.84. The molecule has 1 fully saturated rings. The SMILES string of the molecule is O=C(Nc1cccc(O)c1)c1cc([N+](=O)[O-])ccc1N1CCCC1. The average Bonchev–Trinajstić information content (AvgIpc) is 3.08. The van der Waals surface area contributed by atoms with Crippen molar-refractivity contribution in [1.29, 1.82) is 0 Å². The van der Waals surface area contributed by atoms with Crippen molar-refractivity contribution in [3.63, 3.8) is 0 Å². The van der Waals surface area contributed by atoms with Gasteiger partial charge in [-0.25, -0.2) is 0 Å². The van der Waals surface area contributed by atoms with Gasteiger partial charge in [-0.3, -0.25) is 14.9 Å². The topological polar surface area (TPSA) is 95.7 Å². The third kappa shape index (κ3) is 3.29. The number of nitrogens with zero attached hydrogens (tertiary/aromatic N) is 2. The van der Waals surface area contributed by atoms with E-state index in [9.17, 15) is 20.0 Å². The van der Waals surface area contributed by atoms with Gasteiger partial charge in [-0.2, -0.15) is 0 Å². The molecule has 2 N–H and O–H groups in total. The normalized spacial score (nSPS) is 13.8. The minimum atomic E-state index is -0.515. The molecular weight excluding hydrogens is 310 g/mol. The number of phenolic OH excluding ortho intramolecular Hbond substituents is 1. The number of benzene rings is 2. The van der Waals surface area contributed by atoms with Crippen LogP contribution in [-0.4, -0.2) is 29.0 Å². The van der Waals surface area contributed by atoms with Crippen molar-refractivity contribution in [3.05, 3.63) is 58.1 Å². The highest BCUT2D eigenvalue weighted by atomic mass is 16.6. The summed E-state index contributed by atoms with van der Waals surface area (Å²) in [5.41, 5.74) is 1.25. The molecule has 1 aliphatic rings. The molecule has 1 aliphatic heterocycles. The fourth-order valence-corrected chi connectivity index (χ4v) is 2.84. The Hall–Kier alpha value is -3.09. The molecule has 124 valence electrons. The van der Waals surface area contributed by atoms with Crippen molar-refractivity contribution >= 4 is 23.0 Å². The van der Waals surface area contributed by atoms with E-state index in [0.29, 0.717) is 11.4 Å². The number of nitro benzene ring substituents is 1. The Morgan fingerprint density at radius 3 is 2.58 bits per heavy atom. The van der Waals surface area contributed by atoms with Crippen molar-refractivity contribution in [2.24, 2.45) is 0 Å². The zero-order valence-corrected chi connectivity index (χ0v) is 12.9. The van der Waals surface area contributed by atoms with E-state index in [1.54, 1.807) is 18.2 Å². The van der Waals surface area contributed by atoms with Gasteiger partial charge in [0.2, 0.25) is 0 Å². The molecule has 24 heavy (non-hydrogen) atoms. The van der Waals surface area contributed by atoms with Crippen LogP contribution in [0.15, 0.2) is 42.5 Å². The highest BCUT2D eigenvalue weighted by Gasteiger charge is 2.22. The van der Waals surface area contributed by atoms with Gasteiger partial charge in [0.15, 0.2) is 0 Å². The predicted octanol–water partition coefficient (Wildman–Crippen LogP) is 3.15. The summed E-state index contributed by atoms with van der Waals surface area (Å²) >= 11 is 0. The Morgan fingerprint density at radius 1 is 1.17 bits per heavy atom. The van der Waals surface area contributed by atoms with Crippen LogP contribution in [-0.2, 0) is 0 Å². The highest BCUT2D eigenvalue weighted by molar-refractivity contribution is 6.08. The van der Waals surface area contributed by atoms with Crippen molar-refractivity contribution < 1.29 is 14.8 Å². The Morgan fingerprint density at radius 2 is 1.92 bits per heavy atom. The summed E-state index contributed by atoms with van der Waals surface area (Å²) in [6.07, 6.45) is 2.06. The number of nitrogens with one attached hydrogen (secondary N) is 1. The lowest BCUT2D eigenvalue weighted by Crippen LogP contribution is -2.23. The predicted molar refractivity (Wildman–Crippen MR) is 90.6 cm³/mol. The number of phenols is 1. The second-order valence-electron chi connectivity index (χ2n) is 5.66. The maximum absolute atomic E-state index is 12.6. The fraction of sp³-hybridized carbons (Fsp3) is 0.235. The number of amides is 1. The molecule has 2 aromatic carbocycles. The van der Waals surface area contributed by atoms with E-state index in [4.69, 9.17) is 0 Å². The second-order valence-corrected chi connectivity index (χ2v) is 5.66. The summed E-state index contributed by atoms with van der Waals surface area (Å²) in [4.78, 5) is 25.2. The van der Waals surface area contributed by atoms with Crippen LogP contribution >= 0.6 is 0 Å².